The molecule has 2 aromatic heterocycles. The Labute approximate surface area is 162 Å². The van der Waals surface area contributed by atoms with E-state index in [0.29, 0.717) is 0 Å². The van der Waals surface area contributed by atoms with Crippen LogP contribution in [-0.2, 0) is 11.3 Å². The second-order valence-corrected chi connectivity index (χ2v) is 7.35. The first kappa shape index (κ1) is 17.4. The largest absolute Gasteiger partial charge is 0.376 e. The predicted molar refractivity (Wildman–Crippen MR) is 105 cm³/mol. The molecule has 2 saturated heterocycles. The Bertz CT molecular complexity index is 945. The van der Waals surface area contributed by atoms with Gasteiger partial charge in [0.25, 0.3) is 0 Å². The minimum atomic E-state index is -0.204. The summed E-state index contributed by atoms with van der Waals surface area (Å²) < 4.78 is 21.0. The molecule has 0 saturated carbocycles. The Hall–Kier alpha value is -2.74. The first-order chi connectivity index (χ1) is 13.8. The van der Waals surface area contributed by atoms with Crippen molar-refractivity contribution >= 4 is 22.7 Å². The summed E-state index contributed by atoms with van der Waals surface area (Å²) in [5.74, 6) is 0.680. The van der Waals surface area contributed by atoms with E-state index >= 15 is 0 Å². The van der Waals surface area contributed by atoms with Crippen molar-refractivity contribution in [1.82, 2.24) is 19.5 Å². The lowest BCUT2D eigenvalue weighted by atomic mass is 10.2. The summed E-state index contributed by atoms with van der Waals surface area (Å²) in [6.07, 6.45) is 5.92. The number of rotatable bonds is 4. The molecule has 1 unspecified atom stereocenters. The molecular formula is C20H23FN6O. The van der Waals surface area contributed by atoms with Crippen molar-refractivity contribution in [2.45, 2.75) is 25.5 Å². The van der Waals surface area contributed by atoms with Crippen LogP contribution >= 0.6 is 0 Å². The molecule has 3 aromatic rings. The molecular weight excluding hydrogens is 359 g/mol. The zero-order chi connectivity index (χ0) is 18.9. The maximum Gasteiger partial charge on any atom is 0.165 e. The zero-order valence-corrected chi connectivity index (χ0v) is 15.7. The first-order valence-corrected chi connectivity index (χ1v) is 9.81. The number of halogens is 1. The average Bonchev–Trinajstić information content (AvgIpc) is 3.39. The fourth-order valence-electron chi connectivity index (χ4n) is 4.07. The molecule has 28 heavy (non-hydrogen) atoms. The molecule has 2 fully saturated rings. The van der Waals surface area contributed by atoms with Gasteiger partial charge in [0, 0.05) is 38.5 Å². The smallest absolute Gasteiger partial charge is 0.165 e. The lowest BCUT2D eigenvalue weighted by Crippen LogP contribution is -2.47. The number of anilines is 2. The summed E-state index contributed by atoms with van der Waals surface area (Å²) in [6.45, 7) is 5.01. The third-order valence-electron chi connectivity index (χ3n) is 5.58. The van der Waals surface area contributed by atoms with Gasteiger partial charge in [0.2, 0.25) is 0 Å². The predicted octanol–water partition coefficient (Wildman–Crippen LogP) is 2.47. The van der Waals surface area contributed by atoms with E-state index in [0.717, 1.165) is 74.8 Å². The van der Waals surface area contributed by atoms with Crippen LogP contribution < -0.4 is 9.80 Å². The van der Waals surface area contributed by atoms with Crippen molar-refractivity contribution in [2.75, 3.05) is 42.6 Å². The summed E-state index contributed by atoms with van der Waals surface area (Å²) in [5.41, 5.74) is 2.76. The molecule has 0 amide bonds. The van der Waals surface area contributed by atoms with Crippen LogP contribution in [0.15, 0.2) is 36.9 Å². The Morgan fingerprint density at radius 3 is 2.54 bits per heavy atom. The molecule has 4 heterocycles. The van der Waals surface area contributed by atoms with Gasteiger partial charge >= 0.3 is 0 Å². The van der Waals surface area contributed by atoms with E-state index in [9.17, 15) is 4.39 Å². The number of benzene rings is 1. The third kappa shape index (κ3) is 3.28. The van der Waals surface area contributed by atoms with Gasteiger partial charge < -0.3 is 19.1 Å². The van der Waals surface area contributed by atoms with Gasteiger partial charge in [-0.25, -0.2) is 19.3 Å². The van der Waals surface area contributed by atoms with Gasteiger partial charge in [-0.15, -0.1) is 0 Å². The van der Waals surface area contributed by atoms with Crippen molar-refractivity contribution in [1.29, 1.82) is 0 Å². The highest BCUT2D eigenvalue weighted by Gasteiger charge is 2.23. The molecule has 0 bridgehead atoms. The molecule has 7 nitrogen and oxygen atoms in total. The Kier molecular flexibility index (Phi) is 4.56. The zero-order valence-electron chi connectivity index (χ0n) is 15.7. The SMILES string of the molecule is Fc1ccc(N2CCN(c3ncnc4c3ncn4CC3CCCO3)CC2)cc1. The molecule has 146 valence electrons. The Morgan fingerprint density at radius 1 is 1.00 bits per heavy atom. The van der Waals surface area contributed by atoms with Crippen LogP contribution in [0.2, 0.25) is 0 Å². The third-order valence-corrected chi connectivity index (χ3v) is 5.58. The van der Waals surface area contributed by atoms with Crippen molar-refractivity contribution < 1.29 is 9.13 Å². The van der Waals surface area contributed by atoms with Crippen molar-refractivity contribution in [3.8, 4) is 0 Å². The van der Waals surface area contributed by atoms with Gasteiger partial charge in [-0.2, -0.15) is 0 Å². The monoisotopic (exact) mass is 382 g/mol. The Morgan fingerprint density at radius 2 is 1.79 bits per heavy atom. The van der Waals surface area contributed by atoms with Crippen LogP contribution in [0.4, 0.5) is 15.9 Å². The maximum absolute atomic E-state index is 13.2. The average molecular weight is 382 g/mol. The van der Waals surface area contributed by atoms with E-state index in [-0.39, 0.29) is 11.9 Å². The lowest BCUT2D eigenvalue weighted by molar-refractivity contribution is 0.0978. The number of aromatic nitrogens is 4. The normalized spacial score (nSPS) is 20.2. The van der Waals surface area contributed by atoms with Crippen LogP contribution in [0.5, 0.6) is 0 Å². The van der Waals surface area contributed by atoms with Crippen LogP contribution in [0, 0.1) is 5.82 Å². The van der Waals surface area contributed by atoms with E-state index in [1.807, 2.05) is 18.5 Å². The second-order valence-electron chi connectivity index (χ2n) is 7.35. The number of hydrogen-bond acceptors (Lipinski definition) is 6. The highest BCUT2D eigenvalue weighted by molar-refractivity contribution is 5.83. The molecule has 5 rings (SSSR count). The number of fused-ring (bicyclic) bond motifs is 1. The van der Waals surface area contributed by atoms with Crippen LogP contribution in [0.1, 0.15) is 12.8 Å². The number of imidazole rings is 1. The summed E-state index contributed by atoms with van der Waals surface area (Å²) in [7, 11) is 0. The molecule has 1 atom stereocenters. The van der Waals surface area contributed by atoms with E-state index in [4.69, 9.17) is 4.74 Å². The molecule has 8 heteroatoms. The lowest BCUT2D eigenvalue weighted by Gasteiger charge is -2.36. The van der Waals surface area contributed by atoms with Crippen molar-refractivity contribution in [3.05, 3.63) is 42.7 Å². The minimum absolute atomic E-state index is 0.204. The maximum atomic E-state index is 13.2. The molecule has 2 aliphatic heterocycles. The van der Waals surface area contributed by atoms with Crippen LogP contribution in [0.3, 0.4) is 0 Å². The number of ether oxygens (including phenoxy) is 1. The van der Waals surface area contributed by atoms with Crippen molar-refractivity contribution in [2.24, 2.45) is 0 Å². The molecule has 1 aromatic carbocycles. The second kappa shape index (κ2) is 7.35. The van der Waals surface area contributed by atoms with Gasteiger partial charge in [0.1, 0.15) is 12.1 Å². The van der Waals surface area contributed by atoms with Gasteiger partial charge in [0.15, 0.2) is 17.0 Å². The Balaban J connectivity index is 1.32. The highest BCUT2D eigenvalue weighted by atomic mass is 19.1. The van der Waals surface area contributed by atoms with E-state index < -0.39 is 0 Å². The van der Waals surface area contributed by atoms with Gasteiger partial charge in [-0.3, -0.25) is 0 Å². The number of nitrogens with zero attached hydrogens (tertiary/aromatic N) is 6. The van der Waals surface area contributed by atoms with Crippen molar-refractivity contribution in [3.63, 3.8) is 0 Å². The van der Waals surface area contributed by atoms with Gasteiger partial charge in [-0.05, 0) is 37.1 Å². The molecule has 0 radical (unpaired) electrons. The van der Waals surface area contributed by atoms with Gasteiger partial charge in [-0.1, -0.05) is 0 Å². The molecule has 0 N–H and O–H groups in total. The fraction of sp³-hybridized carbons (Fsp3) is 0.450. The highest BCUT2D eigenvalue weighted by Crippen LogP contribution is 2.25. The topological polar surface area (TPSA) is 59.3 Å². The van der Waals surface area contributed by atoms with E-state index in [1.165, 1.54) is 12.1 Å². The number of hydrogen-bond donors (Lipinski definition) is 0. The summed E-state index contributed by atoms with van der Waals surface area (Å²) >= 11 is 0. The minimum Gasteiger partial charge on any atom is -0.376 e. The van der Waals surface area contributed by atoms with Crippen LogP contribution in [-0.4, -0.2) is 58.4 Å². The van der Waals surface area contributed by atoms with E-state index in [2.05, 4.69) is 29.3 Å². The van der Waals surface area contributed by atoms with Crippen LogP contribution in [0.25, 0.3) is 11.2 Å². The molecule has 0 spiro atoms. The van der Waals surface area contributed by atoms with Gasteiger partial charge in [0.05, 0.1) is 19.0 Å². The molecule has 2 aliphatic rings. The summed E-state index contributed by atoms with van der Waals surface area (Å²) in [5, 5.41) is 0. The number of piperazine rings is 1. The first-order valence-electron chi connectivity index (χ1n) is 9.81. The summed E-state index contributed by atoms with van der Waals surface area (Å²) in [6, 6.07) is 6.69. The summed E-state index contributed by atoms with van der Waals surface area (Å²) in [4.78, 5) is 18.1. The molecule has 0 aliphatic carbocycles. The fourth-order valence-corrected chi connectivity index (χ4v) is 4.07. The van der Waals surface area contributed by atoms with E-state index in [1.54, 1.807) is 6.33 Å². The standard InChI is InChI=1S/C20H23FN6O/c21-15-3-5-16(6-4-15)25-7-9-26(10-8-25)19-18-20(23-13-22-19)27(14-24-18)12-17-2-1-11-28-17/h3-6,13-14,17H,1-2,7-12H2. The quantitative estimate of drug-likeness (QED) is 0.691.